The number of rotatable bonds is 3. The van der Waals surface area contributed by atoms with E-state index in [1.165, 1.54) is 19.3 Å². The van der Waals surface area contributed by atoms with Gasteiger partial charge in [-0.1, -0.05) is 67.7 Å². The molecule has 0 N–H and O–H groups in total. The van der Waals surface area contributed by atoms with Crippen LogP contribution in [0.3, 0.4) is 0 Å². The first-order chi connectivity index (χ1) is 5.31. The lowest BCUT2D eigenvalue weighted by atomic mass is 10.0. The molecule has 0 aliphatic rings. The van der Waals surface area contributed by atoms with Crippen molar-refractivity contribution in [2.75, 3.05) is 0 Å². The summed E-state index contributed by atoms with van der Waals surface area (Å²) in [4.78, 5) is 0. The van der Waals surface area contributed by atoms with Crippen molar-refractivity contribution in [3.8, 4) is 0 Å². The molecule has 0 saturated heterocycles. The van der Waals surface area contributed by atoms with Crippen LogP contribution < -0.4 is 0 Å². The summed E-state index contributed by atoms with van der Waals surface area (Å²) in [6, 6.07) is 0. The van der Waals surface area contributed by atoms with Crippen LogP contribution in [0.1, 0.15) is 67.7 Å². The molecule has 0 nitrogen and oxygen atoms in total. The minimum Gasteiger partial charge on any atom is -0.0683 e. The summed E-state index contributed by atoms with van der Waals surface area (Å²) in [5.74, 6) is 0.949. The van der Waals surface area contributed by atoms with E-state index in [4.69, 9.17) is 0 Å². The van der Waals surface area contributed by atoms with Crippen LogP contribution in [0.15, 0.2) is 0 Å². The Labute approximate surface area is 74.4 Å². The maximum absolute atomic E-state index is 2.31. The summed E-state index contributed by atoms with van der Waals surface area (Å²) >= 11 is 0. The Morgan fingerprint density at radius 1 is 0.909 bits per heavy atom. The molecule has 0 unspecified atom stereocenters. The van der Waals surface area contributed by atoms with Crippen molar-refractivity contribution in [1.82, 2.24) is 0 Å². The Morgan fingerprint density at radius 2 is 1.27 bits per heavy atom. The van der Waals surface area contributed by atoms with Crippen LogP contribution in [0.2, 0.25) is 0 Å². The van der Waals surface area contributed by atoms with Crippen molar-refractivity contribution in [2.24, 2.45) is 5.92 Å². The van der Waals surface area contributed by atoms with Gasteiger partial charge in [-0.3, -0.25) is 0 Å². The third-order valence-electron chi connectivity index (χ3n) is 1.48. The Morgan fingerprint density at radius 3 is 1.36 bits per heavy atom. The van der Waals surface area contributed by atoms with E-state index >= 15 is 0 Å². The average molecular weight is 160 g/mol. The molecule has 0 aliphatic carbocycles. The van der Waals surface area contributed by atoms with Gasteiger partial charge in [-0.25, -0.2) is 0 Å². The quantitative estimate of drug-likeness (QED) is 0.551. The normalized spacial score (nSPS) is 10.1. The minimum atomic E-state index is 0.949. The maximum Gasteiger partial charge on any atom is -0.0446 e. The van der Waals surface area contributed by atoms with Gasteiger partial charge in [0.15, 0.2) is 0 Å². The fourth-order valence-corrected chi connectivity index (χ4v) is 0.697. The van der Waals surface area contributed by atoms with Crippen LogP contribution in [0.4, 0.5) is 0 Å². The summed E-state index contributed by atoms with van der Waals surface area (Å²) in [7, 11) is 0. The Balaban J connectivity index is -0.000000138. The minimum absolute atomic E-state index is 0.949. The zero-order valence-electron chi connectivity index (χ0n) is 9.70. The second kappa shape index (κ2) is 22.5. The fraction of sp³-hybridized carbons (Fsp3) is 1.00. The Kier molecular flexibility index (Phi) is 35.2. The molecule has 0 fully saturated rings. The predicted octanol–water partition coefficient (Wildman–Crippen LogP) is 4.89. The van der Waals surface area contributed by atoms with Gasteiger partial charge in [0.25, 0.3) is 0 Å². The van der Waals surface area contributed by atoms with Gasteiger partial charge >= 0.3 is 0 Å². The molecule has 0 heterocycles. The van der Waals surface area contributed by atoms with Gasteiger partial charge in [0, 0.05) is 0 Å². The van der Waals surface area contributed by atoms with Crippen LogP contribution in [-0.4, -0.2) is 0 Å². The van der Waals surface area contributed by atoms with E-state index in [0.717, 1.165) is 5.92 Å². The Hall–Kier alpha value is 0. The fourth-order valence-electron chi connectivity index (χ4n) is 0.697. The average Bonchev–Trinajstić information content (AvgIpc) is 2.12. The molecule has 0 aromatic carbocycles. The van der Waals surface area contributed by atoms with Gasteiger partial charge in [0.1, 0.15) is 0 Å². The first-order valence-corrected chi connectivity index (χ1v) is 5.31. The van der Waals surface area contributed by atoms with Gasteiger partial charge in [-0.2, -0.15) is 0 Å². The monoisotopic (exact) mass is 160 g/mol. The third kappa shape index (κ3) is 25.6. The van der Waals surface area contributed by atoms with Crippen molar-refractivity contribution in [1.29, 1.82) is 0 Å². The molecular formula is C11H28. The van der Waals surface area contributed by atoms with Gasteiger partial charge in [-0.05, 0) is 5.92 Å². The lowest BCUT2D eigenvalue weighted by Gasteiger charge is -2.02. The van der Waals surface area contributed by atoms with Crippen LogP contribution >= 0.6 is 0 Å². The smallest absolute Gasteiger partial charge is 0.0446 e. The van der Waals surface area contributed by atoms with E-state index in [2.05, 4.69) is 20.8 Å². The van der Waals surface area contributed by atoms with E-state index in [9.17, 15) is 0 Å². The van der Waals surface area contributed by atoms with E-state index < -0.39 is 0 Å². The summed E-state index contributed by atoms with van der Waals surface area (Å²) < 4.78 is 0. The van der Waals surface area contributed by atoms with Crippen LogP contribution in [-0.2, 0) is 0 Å². The molecule has 0 bridgehead atoms. The zero-order chi connectivity index (χ0) is 9.70. The first-order valence-electron chi connectivity index (χ1n) is 5.31. The molecule has 0 aromatic rings. The highest BCUT2D eigenvalue weighted by Gasteiger charge is 1.92. The van der Waals surface area contributed by atoms with E-state index in [-0.39, 0.29) is 0 Å². The van der Waals surface area contributed by atoms with Crippen LogP contribution in [0.25, 0.3) is 0 Å². The zero-order valence-corrected chi connectivity index (χ0v) is 9.70. The number of hydrogen-bond acceptors (Lipinski definition) is 0. The van der Waals surface area contributed by atoms with Crippen LogP contribution in [0.5, 0.6) is 0 Å². The molecule has 0 aliphatic heterocycles. The molecule has 0 spiro atoms. The highest BCUT2D eigenvalue weighted by molar-refractivity contribution is 4.45. The standard InChI is InChI=1S/C7H16.2C2H6/c1-4-6-7(3)5-2;2*1-2/h7H,4-6H2,1-3H3;2*1-2H3/t7-;;/m1../s1. The molecule has 1 atom stereocenters. The summed E-state index contributed by atoms with van der Waals surface area (Å²) in [5.41, 5.74) is 0. The van der Waals surface area contributed by atoms with E-state index in [1.807, 2.05) is 27.7 Å². The number of hydrogen-bond donors (Lipinski definition) is 0. The highest BCUT2D eigenvalue weighted by Crippen LogP contribution is 2.07. The predicted molar refractivity (Wildman–Crippen MR) is 57.1 cm³/mol. The third-order valence-corrected chi connectivity index (χ3v) is 1.48. The lowest BCUT2D eigenvalue weighted by molar-refractivity contribution is 0.509. The van der Waals surface area contributed by atoms with Crippen molar-refractivity contribution < 1.29 is 0 Å². The largest absolute Gasteiger partial charge is 0.0683 e. The van der Waals surface area contributed by atoms with E-state index in [0.29, 0.717) is 0 Å². The second-order valence-electron chi connectivity index (χ2n) is 2.30. The molecule has 0 rings (SSSR count). The second-order valence-corrected chi connectivity index (χ2v) is 2.30. The van der Waals surface area contributed by atoms with Crippen LogP contribution in [0, 0.1) is 5.92 Å². The molecule has 0 saturated carbocycles. The Bertz CT molecular complexity index is 31.0. The van der Waals surface area contributed by atoms with Crippen molar-refractivity contribution in [3.05, 3.63) is 0 Å². The van der Waals surface area contributed by atoms with Gasteiger partial charge in [0.2, 0.25) is 0 Å². The summed E-state index contributed by atoms with van der Waals surface area (Å²) in [6.07, 6.45) is 4.08. The summed E-state index contributed by atoms with van der Waals surface area (Å²) in [5, 5.41) is 0. The summed E-state index contributed by atoms with van der Waals surface area (Å²) in [6.45, 7) is 14.8. The van der Waals surface area contributed by atoms with Crippen molar-refractivity contribution >= 4 is 0 Å². The molecule has 0 heteroatoms. The maximum atomic E-state index is 2.31. The van der Waals surface area contributed by atoms with Crippen molar-refractivity contribution in [2.45, 2.75) is 67.7 Å². The van der Waals surface area contributed by atoms with Gasteiger partial charge in [-0.15, -0.1) is 0 Å². The van der Waals surface area contributed by atoms with E-state index in [1.54, 1.807) is 0 Å². The highest BCUT2D eigenvalue weighted by atomic mass is 14.0. The van der Waals surface area contributed by atoms with Gasteiger partial charge in [0.05, 0.1) is 0 Å². The molecule has 0 radical (unpaired) electrons. The molecule has 72 valence electrons. The SMILES string of the molecule is CC.CC.CCC[C@H](C)CC. The van der Waals surface area contributed by atoms with Gasteiger partial charge < -0.3 is 0 Å². The molecule has 0 aromatic heterocycles. The molecular weight excluding hydrogens is 132 g/mol. The first kappa shape index (κ1) is 17.2. The lowest BCUT2D eigenvalue weighted by Crippen LogP contribution is -1.88. The molecule has 0 amide bonds. The topological polar surface area (TPSA) is 0 Å². The molecule has 11 heavy (non-hydrogen) atoms. The van der Waals surface area contributed by atoms with Crippen molar-refractivity contribution in [3.63, 3.8) is 0 Å².